The summed E-state index contributed by atoms with van der Waals surface area (Å²) in [5, 5.41) is 3.11. The van der Waals surface area contributed by atoms with Gasteiger partial charge in [-0.3, -0.25) is 14.2 Å². The van der Waals surface area contributed by atoms with E-state index in [-0.39, 0.29) is 12.2 Å². The first-order valence-corrected chi connectivity index (χ1v) is 9.71. The molecule has 29 heavy (non-hydrogen) atoms. The van der Waals surface area contributed by atoms with Crippen LogP contribution in [0, 0.1) is 0 Å². The number of anilines is 2. The summed E-state index contributed by atoms with van der Waals surface area (Å²) >= 11 is 1.23. The zero-order valence-electron chi connectivity index (χ0n) is 15.1. The van der Waals surface area contributed by atoms with Crippen molar-refractivity contribution in [1.82, 2.24) is 14.5 Å². The largest absolute Gasteiger partial charge is 0.416 e. The second kappa shape index (κ2) is 7.47. The van der Waals surface area contributed by atoms with Crippen molar-refractivity contribution in [2.75, 3.05) is 23.3 Å². The number of benzene rings is 1. The molecule has 1 aromatic carbocycles. The topological polar surface area (TPSA) is 80.1 Å². The molecule has 0 bridgehead atoms. The fourth-order valence-electron chi connectivity index (χ4n) is 3.12. The van der Waals surface area contributed by atoms with Crippen LogP contribution in [0.1, 0.15) is 18.4 Å². The molecule has 2 aromatic heterocycles. The Morgan fingerprint density at radius 3 is 2.72 bits per heavy atom. The Labute approximate surface area is 166 Å². The van der Waals surface area contributed by atoms with Gasteiger partial charge in [0.15, 0.2) is 10.8 Å². The number of amides is 1. The minimum atomic E-state index is -4.51. The maximum atomic E-state index is 12.8. The number of thiazole rings is 1. The van der Waals surface area contributed by atoms with Crippen LogP contribution in [0.4, 0.5) is 24.0 Å². The first-order chi connectivity index (χ1) is 13.8. The predicted molar refractivity (Wildman–Crippen MR) is 103 cm³/mol. The summed E-state index contributed by atoms with van der Waals surface area (Å²) < 4.78 is 39.8. The highest BCUT2D eigenvalue weighted by molar-refractivity contribution is 7.22. The third-order valence-electron chi connectivity index (χ3n) is 4.54. The van der Waals surface area contributed by atoms with Crippen molar-refractivity contribution < 1.29 is 18.0 Å². The molecule has 0 aliphatic carbocycles. The Hall–Kier alpha value is -2.95. The van der Waals surface area contributed by atoms with E-state index in [0.717, 1.165) is 47.8 Å². The average molecular weight is 423 g/mol. The summed E-state index contributed by atoms with van der Waals surface area (Å²) in [6.07, 6.45) is -1.14. The molecule has 7 nitrogen and oxygen atoms in total. The summed E-state index contributed by atoms with van der Waals surface area (Å²) in [7, 11) is 0. The average Bonchev–Trinajstić information content (AvgIpc) is 3.33. The third kappa shape index (κ3) is 4.09. The SMILES string of the molecule is O=C(Cn1cnc2nc(N3CCCC3)sc2c1=O)Nc1cccc(C(F)(F)F)c1. The van der Waals surface area contributed by atoms with Crippen LogP contribution < -0.4 is 15.8 Å². The van der Waals surface area contributed by atoms with Gasteiger partial charge < -0.3 is 10.2 Å². The van der Waals surface area contributed by atoms with Gasteiger partial charge in [0.25, 0.3) is 5.56 Å². The van der Waals surface area contributed by atoms with E-state index in [4.69, 9.17) is 0 Å². The van der Waals surface area contributed by atoms with E-state index >= 15 is 0 Å². The highest BCUT2D eigenvalue weighted by atomic mass is 32.1. The number of fused-ring (bicyclic) bond motifs is 1. The van der Waals surface area contributed by atoms with E-state index in [1.54, 1.807) is 0 Å². The number of hydrogen-bond acceptors (Lipinski definition) is 6. The van der Waals surface area contributed by atoms with Gasteiger partial charge in [-0.15, -0.1) is 0 Å². The predicted octanol–water partition coefficient (Wildman–Crippen LogP) is 3.11. The Morgan fingerprint density at radius 2 is 2.00 bits per heavy atom. The summed E-state index contributed by atoms with van der Waals surface area (Å²) in [5.41, 5.74) is -0.941. The minimum Gasteiger partial charge on any atom is -0.348 e. The molecule has 1 N–H and O–H groups in total. The summed E-state index contributed by atoms with van der Waals surface area (Å²) in [6, 6.07) is 4.31. The van der Waals surface area contributed by atoms with Gasteiger partial charge in [-0.05, 0) is 31.0 Å². The van der Waals surface area contributed by atoms with Crippen LogP contribution in [-0.2, 0) is 17.5 Å². The lowest BCUT2D eigenvalue weighted by Gasteiger charge is -2.11. The van der Waals surface area contributed by atoms with Gasteiger partial charge in [-0.25, -0.2) is 4.98 Å². The van der Waals surface area contributed by atoms with Crippen LogP contribution in [0.2, 0.25) is 0 Å². The number of rotatable bonds is 4. The summed E-state index contributed by atoms with van der Waals surface area (Å²) in [6.45, 7) is 1.40. The van der Waals surface area contributed by atoms with Crippen LogP contribution in [0.25, 0.3) is 10.3 Å². The molecule has 1 saturated heterocycles. The Bertz CT molecular complexity index is 1120. The van der Waals surface area contributed by atoms with Crippen LogP contribution in [0.3, 0.4) is 0 Å². The van der Waals surface area contributed by atoms with E-state index in [1.807, 2.05) is 0 Å². The van der Waals surface area contributed by atoms with Gasteiger partial charge in [-0.1, -0.05) is 17.4 Å². The first-order valence-electron chi connectivity index (χ1n) is 8.89. The zero-order chi connectivity index (χ0) is 20.6. The monoisotopic (exact) mass is 423 g/mol. The molecule has 4 rings (SSSR count). The number of carbonyl (C=O) groups is 1. The number of halogens is 3. The number of carbonyl (C=O) groups excluding carboxylic acids is 1. The maximum Gasteiger partial charge on any atom is 0.416 e. The van der Waals surface area contributed by atoms with Crippen molar-refractivity contribution in [3.8, 4) is 0 Å². The quantitative estimate of drug-likeness (QED) is 0.698. The molecule has 0 atom stereocenters. The molecule has 3 heterocycles. The number of hydrogen-bond donors (Lipinski definition) is 1. The molecule has 0 unspecified atom stereocenters. The highest BCUT2D eigenvalue weighted by Gasteiger charge is 2.30. The molecule has 3 aromatic rings. The molecule has 152 valence electrons. The molecule has 11 heteroatoms. The smallest absolute Gasteiger partial charge is 0.348 e. The van der Waals surface area contributed by atoms with Crippen molar-refractivity contribution in [2.45, 2.75) is 25.6 Å². The van der Waals surface area contributed by atoms with Crippen molar-refractivity contribution in [2.24, 2.45) is 0 Å². The maximum absolute atomic E-state index is 12.8. The lowest BCUT2D eigenvalue weighted by atomic mass is 10.2. The zero-order valence-corrected chi connectivity index (χ0v) is 15.9. The van der Waals surface area contributed by atoms with Crippen molar-refractivity contribution in [3.05, 3.63) is 46.5 Å². The van der Waals surface area contributed by atoms with Crippen molar-refractivity contribution in [3.63, 3.8) is 0 Å². The summed E-state index contributed by atoms with van der Waals surface area (Å²) in [4.78, 5) is 35.6. The summed E-state index contributed by atoms with van der Waals surface area (Å²) in [5.74, 6) is -0.628. The van der Waals surface area contributed by atoms with Crippen molar-refractivity contribution >= 4 is 38.4 Å². The van der Waals surface area contributed by atoms with Gasteiger partial charge >= 0.3 is 6.18 Å². The van der Waals surface area contributed by atoms with Gasteiger partial charge in [0.05, 0.1) is 5.56 Å². The van der Waals surface area contributed by atoms with E-state index in [0.29, 0.717) is 10.3 Å². The van der Waals surface area contributed by atoms with E-state index in [1.165, 1.54) is 29.8 Å². The highest BCUT2D eigenvalue weighted by Crippen LogP contribution is 2.31. The van der Waals surface area contributed by atoms with Crippen LogP contribution in [-0.4, -0.2) is 33.5 Å². The van der Waals surface area contributed by atoms with Crippen LogP contribution in [0.5, 0.6) is 0 Å². The molecule has 1 aliphatic rings. The molecular weight excluding hydrogens is 407 g/mol. The van der Waals surface area contributed by atoms with E-state index in [2.05, 4.69) is 20.2 Å². The van der Waals surface area contributed by atoms with Gasteiger partial charge in [0.2, 0.25) is 5.91 Å². The van der Waals surface area contributed by atoms with Crippen LogP contribution in [0.15, 0.2) is 35.4 Å². The molecular formula is C18H16F3N5O2S. The molecule has 0 saturated carbocycles. The van der Waals surface area contributed by atoms with Crippen molar-refractivity contribution in [1.29, 1.82) is 0 Å². The molecule has 1 aliphatic heterocycles. The van der Waals surface area contributed by atoms with Crippen LogP contribution >= 0.6 is 11.3 Å². The molecule has 1 fully saturated rings. The lowest BCUT2D eigenvalue weighted by molar-refractivity contribution is -0.137. The standard InChI is InChI=1S/C18H16F3N5O2S/c19-18(20,21)11-4-3-5-12(8-11)23-13(27)9-26-10-22-15-14(16(26)28)29-17(24-15)25-6-1-2-7-25/h3-5,8,10H,1-2,6-7,9H2,(H,23,27). The number of aromatic nitrogens is 3. The molecule has 0 spiro atoms. The number of alkyl halides is 3. The second-order valence-corrected chi connectivity index (χ2v) is 7.63. The van der Waals surface area contributed by atoms with E-state index < -0.39 is 23.2 Å². The second-order valence-electron chi connectivity index (χ2n) is 6.65. The Kier molecular flexibility index (Phi) is 4.99. The molecule has 0 radical (unpaired) electrons. The van der Waals surface area contributed by atoms with Gasteiger partial charge in [0.1, 0.15) is 17.6 Å². The van der Waals surface area contributed by atoms with Gasteiger partial charge in [-0.2, -0.15) is 18.2 Å². The molecule has 1 amide bonds. The Balaban J connectivity index is 1.52. The normalized spacial score (nSPS) is 14.5. The fraction of sp³-hybridized carbons (Fsp3) is 0.333. The minimum absolute atomic E-state index is 0.000946. The third-order valence-corrected chi connectivity index (χ3v) is 5.63. The lowest BCUT2D eigenvalue weighted by Crippen LogP contribution is -2.27. The fourth-order valence-corrected chi connectivity index (χ4v) is 4.14. The van der Waals surface area contributed by atoms with Gasteiger partial charge in [0, 0.05) is 18.8 Å². The number of nitrogens with zero attached hydrogens (tertiary/aromatic N) is 4. The number of nitrogens with one attached hydrogen (secondary N) is 1. The van der Waals surface area contributed by atoms with E-state index in [9.17, 15) is 22.8 Å². The first kappa shape index (κ1) is 19.4. The Morgan fingerprint density at radius 1 is 1.24 bits per heavy atom.